The molecule has 1 aliphatic carbocycles. The summed E-state index contributed by atoms with van der Waals surface area (Å²) in [5.41, 5.74) is -1.24. The first kappa shape index (κ1) is 15.3. The van der Waals surface area contributed by atoms with Crippen molar-refractivity contribution in [2.45, 2.75) is 57.0 Å². The number of nitrogens with zero attached hydrogens (tertiary/aromatic N) is 2. The van der Waals surface area contributed by atoms with Crippen LogP contribution in [0.1, 0.15) is 51.4 Å². The van der Waals surface area contributed by atoms with Gasteiger partial charge in [0.2, 0.25) is 0 Å². The number of hydrogen-bond acceptors (Lipinski definition) is 4. The summed E-state index contributed by atoms with van der Waals surface area (Å²) in [4.78, 5) is 20.1. The van der Waals surface area contributed by atoms with Gasteiger partial charge in [0.1, 0.15) is 0 Å². The van der Waals surface area contributed by atoms with E-state index in [0.29, 0.717) is 25.5 Å². The van der Waals surface area contributed by atoms with E-state index in [-0.39, 0.29) is 5.91 Å². The largest absolute Gasteiger partial charge is 0.379 e. The minimum absolute atomic E-state index is 0.0742. The van der Waals surface area contributed by atoms with Gasteiger partial charge in [0.25, 0.3) is 5.91 Å². The third-order valence-electron chi connectivity index (χ3n) is 5.17. The van der Waals surface area contributed by atoms with Crippen molar-refractivity contribution in [1.82, 2.24) is 9.96 Å². The molecule has 5 nitrogen and oxygen atoms in total. The van der Waals surface area contributed by atoms with Crippen LogP contribution in [-0.2, 0) is 9.63 Å². The molecule has 2 heterocycles. The summed E-state index contributed by atoms with van der Waals surface area (Å²) in [6.07, 6.45) is 8.82. The van der Waals surface area contributed by atoms with Crippen molar-refractivity contribution in [3.8, 4) is 0 Å². The summed E-state index contributed by atoms with van der Waals surface area (Å²) in [5, 5.41) is 12.6. The molecule has 2 saturated heterocycles. The second-order valence-corrected chi connectivity index (χ2v) is 6.94. The van der Waals surface area contributed by atoms with Crippen molar-refractivity contribution in [3.63, 3.8) is 0 Å². The zero-order valence-electron chi connectivity index (χ0n) is 12.9. The molecule has 0 aromatic carbocycles. The zero-order chi connectivity index (χ0) is 14.7. The van der Waals surface area contributed by atoms with E-state index in [0.717, 1.165) is 32.5 Å². The van der Waals surface area contributed by atoms with E-state index in [1.807, 2.05) is 4.90 Å². The number of likely N-dealkylation sites (tertiary alicyclic amines) is 1. The lowest BCUT2D eigenvalue weighted by atomic mass is 9.86. The molecule has 0 bridgehead atoms. The Hall–Kier alpha value is -0.650. The molecule has 1 saturated carbocycles. The average Bonchev–Trinajstić information content (AvgIpc) is 2.98. The molecule has 120 valence electrons. The average molecular weight is 296 g/mol. The van der Waals surface area contributed by atoms with E-state index >= 15 is 0 Å². The van der Waals surface area contributed by atoms with E-state index in [2.05, 4.69) is 0 Å². The van der Waals surface area contributed by atoms with E-state index in [4.69, 9.17) is 4.84 Å². The Labute approximate surface area is 127 Å². The second-order valence-electron chi connectivity index (χ2n) is 6.94. The maximum absolute atomic E-state index is 12.7. The molecule has 1 N–H and O–H groups in total. The normalized spacial score (nSPS) is 32.8. The Morgan fingerprint density at radius 3 is 2.67 bits per heavy atom. The number of amides is 1. The van der Waals surface area contributed by atoms with E-state index in [1.54, 1.807) is 5.06 Å². The Bertz CT molecular complexity index is 365. The molecule has 2 aliphatic heterocycles. The molecule has 1 unspecified atom stereocenters. The molecule has 0 radical (unpaired) electrons. The summed E-state index contributed by atoms with van der Waals surface area (Å²) in [7, 11) is 0. The number of rotatable bonds is 4. The van der Waals surface area contributed by atoms with Crippen molar-refractivity contribution in [2.75, 3.05) is 32.8 Å². The van der Waals surface area contributed by atoms with Crippen LogP contribution in [0.5, 0.6) is 0 Å². The van der Waals surface area contributed by atoms with E-state index in [1.165, 1.54) is 32.1 Å². The van der Waals surface area contributed by atoms with Crippen molar-refractivity contribution in [2.24, 2.45) is 5.92 Å². The number of hydrogen-bond donors (Lipinski definition) is 1. The molecule has 1 amide bonds. The first-order chi connectivity index (χ1) is 10.2. The molecule has 0 aromatic rings. The molecule has 5 heteroatoms. The van der Waals surface area contributed by atoms with E-state index < -0.39 is 5.60 Å². The fourth-order valence-corrected chi connectivity index (χ4v) is 3.98. The molecule has 0 aromatic heterocycles. The third-order valence-corrected chi connectivity index (χ3v) is 5.17. The standard InChI is InChI=1S/C16H28N2O3/c19-15-16(20,13-18-10-5-11-21-18)8-4-9-17(15)12-14-6-2-1-3-7-14/h14,20H,1-13H2. The van der Waals surface area contributed by atoms with Gasteiger partial charge in [-0.25, -0.2) is 0 Å². The number of hydroxylamine groups is 2. The van der Waals surface area contributed by atoms with Gasteiger partial charge in [-0.1, -0.05) is 19.3 Å². The van der Waals surface area contributed by atoms with Crippen LogP contribution < -0.4 is 0 Å². The quantitative estimate of drug-likeness (QED) is 0.855. The Morgan fingerprint density at radius 2 is 1.95 bits per heavy atom. The van der Waals surface area contributed by atoms with Crippen molar-refractivity contribution in [3.05, 3.63) is 0 Å². The van der Waals surface area contributed by atoms with Crippen LogP contribution in [0, 0.1) is 5.92 Å². The SMILES string of the molecule is O=C1N(CC2CCCCC2)CCCC1(O)CN1CCCO1. The Kier molecular flexibility index (Phi) is 4.82. The summed E-state index contributed by atoms with van der Waals surface area (Å²) >= 11 is 0. The van der Waals surface area contributed by atoms with Gasteiger partial charge in [-0.2, -0.15) is 5.06 Å². The van der Waals surface area contributed by atoms with Crippen LogP contribution in [0.25, 0.3) is 0 Å². The van der Waals surface area contributed by atoms with Crippen LogP contribution in [0.3, 0.4) is 0 Å². The Balaban J connectivity index is 1.58. The van der Waals surface area contributed by atoms with Crippen LogP contribution in [0.4, 0.5) is 0 Å². The van der Waals surface area contributed by atoms with Crippen molar-refractivity contribution < 1.29 is 14.7 Å². The van der Waals surface area contributed by atoms with Crippen LogP contribution in [0.15, 0.2) is 0 Å². The smallest absolute Gasteiger partial charge is 0.255 e. The predicted molar refractivity (Wildman–Crippen MR) is 79.5 cm³/mol. The molecule has 3 fully saturated rings. The third kappa shape index (κ3) is 3.58. The van der Waals surface area contributed by atoms with Gasteiger partial charge in [-0.15, -0.1) is 0 Å². The number of β-amino-alcohol motifs (C(OH)–C–C–N with tert-alkyl or cyclic N) is 1. The fourth-order valence-electron chi connectivity index (χ4n) is 3.98. The molecular weight excluding hydrogens is 268 g/mol. The molecule has 0 spiro atoms. The molecule has 21 heavy (non-hydrogen) atoms. The monoisotopic (exact) mass is 296 g/mol. The molecule has 3 rings (SSSR count). The lowest BCUT2D eigenvalue weighted by molar-refractivity contribution is -0.182. The van der Waals surface area contributed by atoms with Crippen molar-refractivity contribution >= 4 is 5.91 Å². The highest BCUT2D eigenvalue weighted by atomic mass is 16.7. The van der Waals surface area contributed by atoms with Gasteiger partial charge in [0, 0.05) is 19.6 Å². The van der Waals surface area contributed by atoms with E-state index in [9.17, 15) is 9.90 Å². The topological polar surface area (TPSA) is 53.0 Å². The summed E-state index contributed by atoms with van der Waals surface area (Å²) in [6.45, 7) is 3.49. The summed E-state index contributed by atoms with van der Waals surface area (Å²) in [5.74, 6) is 0.558. The first-order valence-corrected chi connectivity index (χ1v) is 8.57. The number of piperidine rings is 1. The van der Waals surface area contributed by atoms with Crippen LogP contribution >= 0.6 is 0 Å². The summed E-state index contributed by atoms with van der Waals surface area (Å²) < 4.78 is 0. The lowest BCUT2D eigenvalue weighted by Gasteiger charge is -2.41. The van der Waals surface area contributed by atoms with Gasteiger partial charge in [-0.05, 0) is 38.0 Å². The Morgan fingerprint density at radius 1 is 1.14 bits per heavy atom. The summed E-state index contributed by atoms with van der Waals surface area (Å²) in [6, 6.07) is 0. The second kappa shape index (κ2) is 6.63. The maximum Gasteiger partial charge on any atom is 0.255 e. The number of carbonyl (C=O) groups excluding carboxylic acids is 1. The minimum Gasteiger partial charge on any atom is -0.379 e. The number of aliphatic hydroxyl groups is 1. The molecular formula is C16H28N2O3. The molecule has 1 atom stereocenters. The van der Waals surface area contributed by atoms with Gasteiger partial charge < -0.3 is 10.0 Å². The predicted octanol–water partition coefficient (Wildman–Crippen LogP) is 1.56. The first-order valence-electron chi connectivity index (χ1n) is 8.57. The van der Waals surface area contributed by atoms with Gasteiger partial charge in [0.05, 0.1) is 13.2 Å². The van der Waals surface area contributed by atoms with Gasteiger partial charge in [-0.3, -0.25) is 9.63 Å². The zero-order valence-corrected chi connectivity index (χ0v) is 12.9. The highest BCUT2D eigenvalue weighted by Crippen LogP contribution is 2.29. The highest BCUT2D eigenvalue weighted by molar-refractivity contribution is 5.86. The lowest BCUT2D eigenvalue weighted by Crippen LogP contribution is -2.58. The number of carbonyl (C=O) groups is 1. The van der Waals surface area contributed by atoms with Crippen LogP contribution in [0.2, 0.25) is 0 Å². The van der Waals surface area contributed by atoms with Gasteiger partial charge in [0.15, 0.2) is 5.60 Å². The van der Waals surface area contributed by atoms with Gasteiger partial charge >= 0.3 is 0 Å². The van der Waals surface area contributed by atoms with Crippen molar-refractivity contribution in [1.29, 1.82) is 0 Å². The maximum atomic E-state index is 12.7. The molecule has 3 aliphatic rings. The minimum atomic E-state index is -1.24. The highest BCUT2D eigenvalue weighted by Gasteiger charge is 2.44. The van der Waals surface area contributed by atoms with Crippen LogP contribution in [-0.4, -0.2) is 59.4 Å². The fraction of sp³-hybridized carbons (Fsp3) is 0.938.